The van der Waals surface area contributed by atoms with Gasteiger partial charge in [-0.2, -0.15) is 11.8 Å². The van der Waals surface area contributed by atoms with E-state index < -0.39 is 24.2 Å². The third-order valence-corrected chi connectivity index (χ3v) is 11.3. The van der Waals surface area contributed by atoms with Crippen LogP contribution in [0.4, 0.5) is 0 Å². The number of rotatable bonds is 12. The van der Waals surface area contributed by atoms with E-state index in [0.29, 0.717) is 0 Å². The molecule has 0 aliphatic rings. The van der Waals surface area contributed by atoms with E-state index in [4.69, 9.17) is 0 Å². The molecule has 0 saturated carbocycles. The fraction of sp³-hybridized carbons (Fsp3) is 0.357. The Balaban J connectivity index is 1.84. The van der Waals surface area contributed by atoms with Gasteiger partial charge < -0.3 is 14.8 Å². The summed E-state index contributed by atoms with van der Waals surface area (Å²) in [5.74, 6) is 0.786. The van der Waals surface area contributed by atoms with Gasteiger partial charge in [0.15, 0.2) is 0 Å². The fourth-order valence-electron chi connectivity index (χ4n) is 4.46. The number of hydrogen-bond donors (Lipinski definition) is 2. The van der Waals surface area contributed by atoms with Crippen LogP contribution < -0.4 is 10.6 Å². The van der Waals surface area contributed by atoms with Crippen molar-refractivity contribution in [2.24, 2.45) is 5.92 Å². The summed E-state index contributed by atoms with van der Waals surface area (Å²) in [4.78, 5) is 0. The molecular weight excluding hydrogens is 447 g/mol. The molecule has 33 heavy (non-hydrogen) atoms. The monoisotopic (exact) mass is 482 g/mol. The Kier molecular flexibility index (Phi) is 9.82. The van der Waals surface area contributed by atoms with Crippen LogP contribution in [0, 0.1) is 5.92 Å². The zero-order valence-electron chi connectivity index (χ0n) is 19.5. The lowest BCUT2D eigenvalue weighted by Crippen LogP contribution is -2.44. The number of aliphatic hydroxyl groups excluding tert-OH is 2. The lowest BCUT2D eigenvalue weighted by Gasteiger charge is -2.37. The molecule has 3 nitrogen and oxygen atoms in total. The molecular formula is C28H35O3PS. The highest BCUT2D eigenvalue weighted by molar-refractivity contribution is 8.00. The van der Waals surface area contributed by atoms with Gasteiger partial charge >= 0.3 is 0 Å². The maximum Gasteiger partial charge on any atom is 0.149 e. The first-order valence-electron chi connectivity index (χ1n) is 11.6. The van der Waals surface area contributed by atoms with Crippen LogP contribution in [0.2, 0.25) is 0 Å². The molecule has 0 aromatic heterocycles. The second-order valence-electron chi connectivity index (χ2n) is 8.74. The Morgan fingerprint density at radius 1 is 0.818 bits per heavy atom. The SMILES string of the molecule is CC(C)[C@H]([C@@H](O)[C@H](CO)SCCCc1ccccc1)P(=O)(c1ccccc1)c1ccccc1. The maximum absolute atomic E-state index is 14.9. The summed E-state index contributed by atoms with van der Waals surface area (Å²) in [7, 11) is -3.17. The third-order valence-electron chi connectivity index (χ3n) is 6.08. The van der Waals surface area contributed by atoms with Gasteiger partial charge in [0.25, 0.3) is 0 Å². The smallest absolute Gasteiger partial charge is 0.149 e. The predicted octanol–water partition coefficient (Wildman–Crippen LogP) is 5.11. The molecule has 0 aliphatic carbocycles. The Labute approximate surface area is 202 Å². The number of aryl methyl sites for hydroxylation is 1. The largest absolute Gasteiger partial charge is 0.395 e. The van der Waals surface area contributed by atoms with Gasteiger partial charge in [0, 0.05) is 16.3 Å². The summed E-state index contributed by atoms with van der Waals surface area (Å²) >= 11 is 1.58. The van der Waals surface area contributed by atoms with Gasteiger partial charge in [-0.05, 0) is 30.1 Å². The summed E-state index contributed by atoms with van der Waals surface area (Å²) < 4.78 is 14.9. The zero-order chi connectivity index (χ0) is 23.7. The van der Waals surface area contributed by atoms with Crippen molar-refractivity contribution in [2.75, 3.05) is 12.4 Å². The topological polar surface area (TPSA) is 57.5 Å². The average Bonchev–Trinajstić information content (AvgIpc) is 2.85. The lowest BCUT2D eigenvalue weighted by atomic mass is 10.0. The van der Waals surface area contributed by atoms with Crippen molar-refractivity contribution in [3.8, 4) is 0 Å². The van der Waals surface area contributed by atoms with E-state index >= 15 is 0 Å². The van der Waals surface area contributed by atoms with Gasteiger partial charge in [-0.1, -0.05) is 105 Å². The first kappa shape index (κ1) is 25.8. The maximum atomic E-state index is 14.9. The minimum atomic E-state index is -3.17. The molecule has 3 aromatic rings. The van der Waals surface area contributed by atoms with E-state index in [1.807, 2.05) is 92.7 Å². The summed E-state index contributed by atoms with van der Waals surface area (Å²) in [5, 5.41) is 22.8. The van der Waals surface area contributed by atoms with E-state index in [9.17, 15) is 14.8 Å². The van der Waals surface area contributed by atoms with Crippen LogP contribution in [-0.2, 0) is 11.0 Å². The standard InChI is InChI=1S/C28H35O3PS/c1-22(2)28(27(30)26(21-29)33-20-12-15-23-13-6-3-7-14-23)32(31,24-16-8-4-9-17-24)25-18-10-5-11-19-25/h3-11,13-14,16-19,22,26-30H,12,15,20-21H2,1-2H3/t26-,27-,28+/m0/s1. The van der Waals surface area contributed by atoms with Gasteiger partial charge in [-0.15, -0.1) is 0 Å². The van der Waals surface area contributed by atoms with Crippen molar-refractivity contribution in [2.45, 2.75) is 43.7 Å². The van der Waals surface area contributed by atoms with Crippen LogP contribution in [0.25, 0.3) is 0 Å². The second kappa shape index (κ2) is 12.6. The number of hydrogen-bond acceptors (Lipinski definition) is 4. The molecule has 2 N–H and O–H groups in total. The van der Waals surface area contributed by atoms with Crippen molar-refractivity contribution in [1.82, 2.24) is 0 Å². The first-order valence-corrected chi connectivity index (χ1v) is 14.5. The van der Waals surface area contributed by atoms with E-state index in [-0.39, 0.29) is 12.5 Å². The summed E-state index contributed by atoms with van der Waals surface area (Å²) in [6.07, 6.45) is 1.02. The highest BCUT2D eigenvalue weighted by Gasteiger charge is 2.45. The molecule has 3 atom stereocenters. The van der Waals surface area contributed by atoms with Crippen LogP contribution in [-0.4, -0.2) is 39.6 Å². The van der Waals surface area contributed by atoms with Gasteiger partial charge in [0.2, 0.25) is 0 Å². The van der Waals surface area contributed by atoms with Gasteiger partial charge in [-0.3, -0.25) is 0 Å². The Hall–Kier alpha value is -1.84. The van der Waals surface area contributed by atoms with Crippen molar-refractivity contribution >= 4 is 29.5 Å². The molecule has 0 spiro atoms. The number of aliphatic hydroxyl groups is 2. The molecule has 176 valence electrons. The summed E-state index contributed by atoms with van der Waals surface area (Å²) in [6, 6.07) is 29.4. The predicted molar refractivity (Wildman–Crippen MR) is 142 cm³/mol. The number of thioether (sulfide) groups is 1. The highest BCUT2D eigenvalue weighted by atomic mass is 32.2. The van der Waals surface area contributed by atoms with Crippen molar-refractivity contribution in [3.05, 3.63) is 96.6 Å². The van der Waals surface area contributed by atoms with Crippen LogP contribution in [0.1, 0.15) is 25.8 Å². The molecule has 0 unspecified atom stereocenters. The molecule has 0 saturated heterocycles. The van der Waals surface area contributed by atoms with Crippen LogP contribution in [0.15, 0.2) is 91.0 Å². The van der Waals surface area contributed by atoms with E-state index in [1.165, 1.54) is 5.56 Å². The minimum absolute atomic E-state index is 0.0368. The Bertz CT molecular complexity index is 952. The molecule has 3 rings (SSSR count). The number of benzene rings is 3. The normalized spacial score (nSPS) is 14.7. The fourth-order valence-corrected chi connectivity index (χ4v) is 9.35. The molecule has 0 fully saturated rings. The van der Waals surface area contributed by atoms with Crippen molar-refractivity contribution in [1.29, 1.82) is 0 Å². The van der Waals surface area contributed by atoms with Crippen LogP contribution >= 0.6 is 18.9 Å². The summed E-state index contributed by atoms with van der Waals surface area (Å²) in [6.45, 7) is 3.88. The average molecular weight is 483 g/mol. The van der Waals surface area contributed by atoms with E-state index in [0.717, 1.165) is 29.2 Å². The molecule has 5 heteroatoms. The van der Waals surface area contributed by atoms with E-state index in [1.54, 1.807) is 11.8 Å². The molecule has 0 amide bonds. The van der Waals surface area contributed by atoms with Crippen molar-refractivity contribution < 1.29 is 14.8 Å². The summed E-state index contributed by atoms with van der Waals surface area (Å²) in [5.41, 5.74) is 0.790. The van der Waals surface area contributed by atoms with Gasteiger partial charge in [0.1, 0.15) is 7.14 Å². The second-order valence-corrected chi connectivity index (χ2v) is 13.0. The lowest BCUT2D eigenvalue weighted by molar-refractivity contribution is 0.123. The highest BCUT2D eigenvalue weighted by Crippen LogP contribution is 2.53. The first-order chi connectivity index (χ1) is 16.0. The van der Waals surface area contributed by atoms with Gasteiger partial charge in [0.05, 0.1) is 18.0 Å². The third kappa shape index (κ3) is 6.39. The minimum Gasteiger partial charge on any atom is -0.395 e. The molecule has 0 bridgehead atoms. The molecule has 0 heterocycles. The Morgan fingerprint density at radius 3 is 1.76 bits per heavy atom. The molecule has 3 aromatic carbocycles. The van der Waals surface area contributed by atoms with Gasteiger partial charge in [-0.25, -0.2) is 0 Å². The quantitative estimate of drug-likeness (QED) is 0.278. The van der Waals surface area contributed by atoms with Crippen molar-refractivity contribution in [3.63, 3.8) is 0 Å². The Morgan fingerprint density at radius 2 is 1.30 bits per heavy atom. The van der Waals surface area contributed by atoms with Crippen LogP contribution in [0.5, 0.6) is 0 Å². The molecule has 0 radical (unpaired) electrons. The van der Waals surface area contributed by atoms with E-state index in [2.05, 4.69) is 12.1 Å². The zero-order valence-corrected chi connectivity index (χ0v) is 21.2. The van der Waals surface area contributed by atoms with Crippen LogP contribution in [0.3, 0.4) is 0 Å². The molecule has 0 aliphatic heterocycles.